The second-order valence-corrected chi connectivity index (χ2v) is 9.76. The molecule has 3 aromatic carbocycles. The molecule has 0 aliphatic heterocycles. The van der Waals surface area contributed by atoms with E-state index in [-0.39, 0.29) is 22.7 Å². The summed E-state index contributed by atoms with van der Waals surface area (Å²) in [5.41, 5.74) is 2.12. The van der Waals surface area contributed by atoms with Crippen molar-refractivity contribution < 1.29 is 17.6 Å². The van der Waals surface area contributed by atoms with E-state index in [4.69, 9.17) is 0 Å². The minimum Gasteiger partial charge on any atom is -0.336 e. The van der Waals surface area contributed by atoms with Crippen molar-refractivity contribution in [2.75, 3.05) is 5.32 Å². The van der Waals surface area contributed by atoms with E-state index in [0.717, 1.165) is 35.4 Å². The first kappa shape index (κ1) is 22.4. The van der Waals surface area contributed by atoms with Gasteiger partial charge in [0.25, 0.3) is 0 Å². The number of pyridine rings is 1. The number of sulfone groups is 1. The van der Waals surface area contributed by atoms with Crippen LogP contribution in [0.5, 0.6) is 0 Å². The molecule has 6 nitrogen and oxygen atoms in total. The predicted octanol–water partition coefficient (Wildman–Crippen LogP) is 4.23. The molecule has 0 aliphatic rings. The Balaban J connectivity index is 1.82. The number of nitrogens with zero attached hydrogens (tertiary/aromatic N) is 1. The van der Waals surface area contributed by atoms with E-state index in [1.165, 1.54) is 10.8 Å². The van der Waals surface area contributed by atoms with Gasteiger partial charge in [-0.15, -0.1) is 0 Å². The highest BCUT2D eigenvalue weighted by atomic mass is 32.2. The highest BCUT2D eigenvalue weighted by molar-refractivity contribution is 7.91. The van der Waals surface area contributed by atoms with Gasteiger partial charge in [-0.05, 0) is 67.9 Å². The third-order valence-electron chi connectivity index (χ3n) is 5.23. The van der Waals surface area contributed by atoms with Crippen LogP contribution in [0.2, 0.25) is 0 Å². The van der Waals surface area contributed by atoms with Crippen LogP contribution in [0.4, 0.5) is 10.1 Å². The normalized spacial score (nSPS) is 11.5. The molecule has 1 amide bonds. The van der Waals surface area contributed by atoms with Crippen LogP contribution in [0, 0.1) is 19.7 Å². The molecule has 0 spiro atoms. The molecule has 33 heavy (non-hydrogen) atoms. The number of aromatic nitrogens is 1. The summed E-state index contributed by atoms with van der Waals surface area (Å²) in [5, 5.41) is 2.97. The Kier molecular flexibility index (Phi) is 5.86. The summed E-state index contributed by atoms with van der Waals surface area (Å²) in [6.45, 7) is 3.48. The number of carbonyl (C=O) groups is 1. The predicted molar refractivity (Wildman–Crippen MR) is 125 cm³/mol. The number of anilines is 1. The topological polar surface area (TPSA) is 85.2 Å². The van der Waals surface area contributed by atoms with Gasteiger partial charge in [-0.1, -0.05) is 23.8 Å². The van der Waals surface area contributed by atoms with E-state index < -0.39 is 26.0 Å². The van der Waals surface area contributed by atoms with Crippen LogP contribution in [0.15, 0.2) is 87.5 Å². The Hall–Kier alpha value is -3.78. The Labute approximate surface area is 190 Å². The number of halogens is 1. The number of benzene rings is 3. The van der Waals surface area contributed by atoms with Crippen LogP contribution in [-0.4, -0.2) is 18.9 Å². The summed E-state index contributed by atoms with van der Waals surface area (Å²) in [5.74, 6) is -0.968. The number of amides is 1. The molecule has 168 valence electrons. The third-order valence-corrected chi connectivity index (χ3v) is 6.99. The van der Waals surface area contributed by atoms with E-state index in [1.807, 2.05) is 25.1 Å². The minimum absolute atomic E-state index is 0.182. The Bertz CT molecular complexity index is 1540. The molecule has 8 heteroatoms. The van der Waals surface area contributed by atoms with Crippen molar-refractivity contribution in [2.45, 2.75) is 30.2 Å². The van der Waals surface area contributed by atoms with Gasteiger partial charge in [0.2, 0.25) is 21.2 Å². The van der Waals surface area contributed by atoms with Crippen molar-refractivity contribution in [2.24, 2.45) is 0 Å². The maximum atomic E-state index is 13.3. The molecule has 0 fully saturated rings. The van der Waals surface area contributed by atoms with Gasteiger partial charge in [0, 0.05) is 17.3 Å². The molecule has 0 bridgehead atoms. The van der Waals surface area contributed by atoms with Gasteiger partial charge >= 0.3 is 0 Å². The third kappa shape index (κ3) is 4.56. The summed E-state index contributed by atoms with van der Waals surface area (Å²) in [6.07, 6.45) is 1.18. The summed E-state index contributed by atoms with van der Waals surface area (Å²) in [7, 11) is -4.25. The number of hydrogen-bond donors (Lipinski definition) is 1. The van der Waals surface area contributed by atoms with Gasteiger partial charge in [-0.3, -0.25) is 9.59 Å². The maximum absolute atomic E-state index is 13.3. The average Bonchev–Trinajstić information content (AvgIpc) is 2.76. The van der Waals surface area contributed by atoms with Crippen LogP contribution in [0.1, 0.15) is 11.1 Å². The number of aryl methyl sites for hydroxylation is 2. The Morgan fingerprint density at radius 1 is 0.970 bits per heavy atom. The SMILES string of the molecule is Cc1cccc(NC(=O)Cn2cc(S(=O)(=O)c3ccc(F)cc3)c(=O)c3cc(C)ccc32)c1. The number of fused-ring (bicyclic) bond motifs is 1. The highest BCUT2D eigenvalue weighted by Crippen LogP contribution is 2.22. The van der Waals surface area contributed by atoms with Crippen molar-refractivity contribution in [1.82, 2.24) is 4.57 Å². The van der Waals surface area contributed by atoms with Gasteiger partial charge in [0.15, 0.2) is 0 Å². The van der Waals surface area contributed by atoms with Crippen molar-refractivity contribution >= 4 is 32.3 Å². The summed E-state index contributed by atoms with van der Waals surface area (Å²) >= 11 is 0. The second kappa shape index (κ2) is 8.63. The molecule has 1 N–H and O–H groups in total. The van der Waals surface area contributed by atoms with E-state index >= 15 is 0 Å². The van der Waals surface area contributed by atoms with Crippen LogP contribution < -0.4 is 10.7 Å². The first-order valence-electron chi connectivity index (χ1n) is 10.2. The number of carbonyl (C=O) groups excluding carboxylic acids is 1. The lowest BCUT2D eigenvalue weighted by Crippen LogP contribution is -2.24. The fourth-order valence-corrected chi connectivity index (χ4v) is 4.99. The molecule has 0 aliphatic carbocycles. The van der Waals surface area contributed by atoms with Crippen LogP contribution >= 0.6 is 0 Å². The van der Waals surface area contributed by atoms with Crippen molar-refractivity contribution in [1.29, 1.82) is 0 Å². The average molecular weight is 465 g/mol. The summed E-state index contributed by atoms with van der Waals surface area (Å²) < 4.78 is 41.2. The van der Waals surface area contributed by atoms with Gasteiger partial charge in [-0.25, -0.2) is 12.8 Å². The summed E-state index contributed by atoms with van der Waals surface area (Å²) in [6, 6.07) is 16.6. The number of nitrogens with one attached hydrogen (secondary N) is 1. The largest absolute Gasteiger partial charge is 0.336 e. The second-order valence-electron chi connectivity index (χ2n) is 7.85. The van der Waals surface area contributed by atoms with Crippen LogP contribution in [-0.2, 0) is 21.2 Å². The summed E-state index contributed by atoms with van der Waals surface area (Å²) in [4.78, 5) is 25.2. The minimum atomic E-state index is -4.25. The lowest BCUT2D eigenvalue weighted by molar-refractivity contribution is -0.116. The van der Waals surface area contributed by atoms with Gasteiger partial charge < -0.3 is 9.88 Å². The molecule has 0 atom stereocenters. The van der Waals surface area contributed by atoms with Crippen LogP contribution in [0.3, 0.4) is 0 Å². The lowest BCUT2D eigenvalue weighted by atomic mass is 10.1. The molecule has 4 rings (SSSR count). The molecule has 4 aromatic rings. The molecule has 0 radical (unpaired) electrons. The smallest absolute Gasteiger partial charge is 0.244 e. The van der Waals surface area contributed by atoms with Crippen molar-refractivity contribution in [3.05, 3.63) is 100 Å². The zero-order valence-electron chi connectivity index (χ0n) is 18.0. The Morgan fingerprint density at radius 3 is 2.36 bits per heavy atom. The first-order valence-corrected chi connectivity index (χ1v) is 11.6. The monoisotopic (exact) mass is 464 g/mol. The fraction of sp³-hybridized carbons (Fsp3) is 0.120. The van der Waals surface area contributed by atoms with E-state index in [0.29, 0.717) is 11.2 Å². The highest BCUT2D eigenvalue weighted by Gasteiger charge is 2.24. The molecule has 1 aromatic heterocycles. The van der Waals surface area contributed by atoms with Gasteiger partial charge in [0.1, 0.15) is 17.3 Å². The lowest BCUT2D eigenvalue weighted by Gasteiger charge is -2.15. The number of rotatable bonds is 5. The quantitative estimate of drug-likeness (QED) is 0.448. The first-order chi connectivity index (χ1) is 15.6. The standard InChI is InChI=1S/C25H21FN2O4S/c1-16-4-3-5-19(12-16)27-24(29)15-28-14-23(25(30)21-13-17(2)6-11-22(21)28)33(31,32)20-9-7-18(26)8-10-20/h3-14H,15H2,1-2H3,(H,27,29). The van der Waals surface area contributed by atoms with E-state index in [2.05, 4.69) is 5.32 Å². The van der Waals surface area contributed by atoms with Crippen molar-refractivity contribution in [3.63, 3.8) is 0 Å². The fourth-order valence-electron chi connectivity index (χ4n) is 3.63. The maximum Gasteiger partial charge on any atom is 0.244 e. The zero-order valence-corrected chi connectivity index (χ0v) is 18.8. The Morgan fingerprint density at radius 2 is 1.67 bits per heavy atom. The van der Waals surface area contributed by atoms with Crippen molar-refractivity contribution in [3.8, 4) is 0 Å². The van der Waals surface area contributed by atoms with Gasteiger partial charge in [-0.2, -0.15) is 0 Å². The molecular weight excluding hydrogens is 443 g/mol. The van der Waals surface area contributed by atoms with Crippen LogP contribution in [0.25, 0.3) is 10.9 Å². The van der Waals surface area contributed by atoms with Gasteiger partial charge in [0.05, 0.1) is 10.4 Å². The van der Waals surface area contributed by atoms with E-state index in [1.54, 1.807) is 31.2 Å². The molecule has 0 saturated heterocycles. The molecular formula is C25H21FN2O4S. The molecule has 1 heterocycles. The zero-order chi connectivity index (χ0) is 23.8. The molecule has 0 saturated carbocycles. The number of hydrogen-bond acceptors (Lipinski definition) is 4. The van der Waals surface area contributed by atoms with E-state index in [9.17, 15) is 22.4 Å². The molecule has 0 unspecified atom stereocenters.